The second-order valence-electron chi connectivity index (χ2n) is 10.2. The maximum Gasteiger partial charge on any atom is 0.417 e. The van der Waals surface area contributed by atoms with Gasteiger partial charge in [-0.2, -0.15) is 13.2 Å². The first-order chi connectivity index (χ1) is 21.8. The van der Waals surface area contributed by atoms with Crippen molar-refractivity contribution in [3.05, 3.63) is 130 Å². The Morgan fingerprint density at radius 1 is 0.848 bits per heavy atom. The van der Waals surface area contributed by atoms with E-state index in [1.807, 2.05) is 0 Å². The molecule has 4 rings (SSSR count). The molecule has 0 aromatic heterocycles. The molecular formula is C33H30Cl2F3N3O4S. The molecular weight excluding hydrogens is 662 g/mol. The number of sulfonamides is 1. The number of hydrogen-bond acceptors (Lipinski definition) is 4. The van der Waals surface area contributed by atoms with Crippen LogP contribution in [0.5, 0.6) is 0 Å². The van der Waals surface area contributed by atoms with Crippen LogP contribution < -0.4 is 9.62 Å². The maximum absolute atomic E-state index is 14.4. The Balaban J connectivity index is 1.86. The summed E-state index contributed by atoms with van der Waals surface area (Å²) in [5, 5.41) is 2.40. The number of anilines is 1. The molecule has 0 fully saturated rings. The molecule has 0 heterocycles. The highest BCUT2D eigenvalue weighted by molar-refractivity contribution is 7.92. The van der Waals surface area contributed by atoms with Gasteiger partial charge in [-0.05, 0) is 54.4 Å². The number of hydrogen-bond donors (Lipinski definition) is 1. The Bertz CT molecular complexity index is 1780. The van der Waals surface area contributed by atoms with Crippen LogP contribution in [0.3, 0.4) is 0 Å². The number of carbonyl (C=O) groups is 2. The third-order valence-corrected chi connectivity index (χ3v) is 9.56. The lowest BCUT2D eigenvalue weighted by molar-refractivity contribution is -0.140. The number of nitrogens with one attached hydrogen (secondary N) is 1. The van der Waals surface area contributed by atoms with Gasteiger partial charge in [0.25, 0.3) is 10.0 Å². The van der Waals surface area contributed by atoms with Gasteiger partial charge in [-0.15, -0.1) is 0 Å². The highest BCUT2D eigenvalue weighted by atomic mass is 35.5. The number of halogens is 5. The average Bonchev–Trinajstić information content (AvgIpc) is 3.03. The smallest absolute Gasteiger partial charge is 0.355 e. The van der Waals surface area contributed by atoms with Crippen LogP contribution in [0.15, 0.2) is 108 Å². The second kappa shape index (κ2) is 15.0. The number of alkyl halides is 3. The minimum atomic E-state index is -4.91. The van der Waals surface area contributed by atoms with Crippen LogP contribution >= 0.6 is 23.2 Å². The highest BCUT2D eigenvalue weighted by Crippen LogP contribution is 2.38. The van der Waals surface area contributed by atoms with Crippen LogP contribution in [0.25, 0.3) is 0 Å². The van der Waals surface area contributed by atoms with E-state index in [2.05, 4.69) is 5.32 Å². The van der Waals surface area contributed by atoms with Gasteiger partial charge in [0.15, 0.2) is 0 Å². The van der Waals surface area contributed by atoms with E-state index in [9.17, 15) is 31.2 Å². The molecule has 4 aromatic carbocycles. The van der Waals surface area contributed by atoms with Crippen molar-refractivity contribution in [2.24, 2.45) is 0 Å². The topological polar surface area (TPSA) is 86.8 Å². The summed E-state index contributed by atoms with van der Waals surface area (Å²) in [5.74, 6) is -1.36. The molecule has 242 valence electrons. The summed E-state index contributed by atoms with van der Waals surface area (Å²) in [6.45, 7) is 0.828. The van der Waals surface area contributed by atoms with E-state index < -0.39 is 56.9 Å². The van der Waals surface area contributed by atoms with Crippen LogP contribution in [0.1, 0.15) is 23.6 Å². The van der Waals surface area contributed by atoms with E-state index in [0.29, 0.717) is 21.0 Å². The lowest BCUT2D eigenvalue weighted by Crippen LogP contribution is -2.53. The molecule has 0 saturated carbocycles. The fourth-order valence-corrected chi connectivity index (χ4v) is 6.64. The average molecular weight is 693 g/mol. The third-order valence-electron chi connectivity index (χ3n) is 7.07. The number of rotatable bonds is 12. The Hall–Kier alpha value is -4.06. The molecule has 0 aliphatic rings. The number of amides is 2. The fourth-order valence-electron chi connectivity index (χ4n) is 4.79. The zero-order valence-electron chi connectivity index (χ0n) is 24.5. The predicted octanol–water partition coefficient (Wildman–Crippen LogP) is 6.98. The summed E-state index contributed by atoms with van der Waals surface area (Å²) in [4.78, 5) is 28.8. The first-order valence-corrected chi connectivity index (χ1v) is 16.3. The Labute approximate surface area is 275 Å². The summed E-state index contributed by atoms with van der Waals surface area (Å²) >= 11 is 12.3. The lowest BCUT2D eigenvalue weighted by Gasteiger charge is -2.34. The quantitative estimate of drug-likeness (QED) is 0.174. The largest absolute Gasteiger partial charge is 0.417 e. The van der Waals surface area contributed by atoms with Gasteiger partial charge in [-0.1, -0.05) is 89.9 Å². The number of nitrogens with zero attached hydrogens (tertiary/aromatic N) is 2. The van der Waals surface area contributed by atoms with Gasteiger partial charge >= 0.3 is 6.18 Å². The Morgan fingerprint density at radius 2 is 1.46 bits per heavy atom. The molecule has 0 saturated heterocycles. The molecule has 4 aromatic rings. The van der Waals surface area contributed by atoms with Crippen LogP contribution in [-0.2, 0) is 38.8 Å². The van der Waals surface area contributed by atoms with Crippen molar-refractivity contribution in [3.8, 4) is 0 Å². The molecule has 7 nitrogen and oxygen atoms in total. The molecule has 13 heteroatoms. The monoisotopic (exact) mass is 691 g/mol. The first-order valence-electron chi connectivity index (χ1n) is 14.1. The van der Waals surface area contributed by atoms with Crippen molar-refractivity contribution in [1.82, 2.24) is 10.2 Å². The van der Waals surface area contributed by atoms with Crippen LogP contribution in [-0.4, -0.2) is 44.3 Å². The molecule has 46 heavy (non-hydrogen) atoms. The zero-order chi connectivity index (χ0) is 33.5. The fraction of sp³-hybridized carbons (Fsp3) is 0.212. The van der Waals surface area contributed by atoms with Gasteiger partial charge in [-0.25, -0.2) is 8.42 Å². The number of likely N-dealkylation sites (N-methyl/N-ethyl adjacent to an activating group) is 1. The minimum absolute atomic E-state index is 0.0630. The van der Waals surface area contributed by atoms with Crippen molar-refractivity contribution in [2.75, 3.05) is 17.4 Å². The van der Waals surface area contributed by atoms with Gasteiger partial charge in [0, 0.05) is 24.5 Å². The molecule has 1 atom stereocenters. The summed E-state index contributed by atoms with van der Waals surface area (Å²) in [7, 11) is -4.61. The van der Waals surface area contributed by atoms with Crippen molar-refractivity contribution < 1.29 is 31.2 Å². The van der Waals surface area contributed by atoms with E-state index in [1.54, 1.807) is 67.6 Å². The molecule has 0 aliphatic heterocycles. The van der Waals surface area contributed by atoms with E-state index in [1.165, 1.54) is 29.2 Å². The summed E-state index contributed by atoms with van der Waals surface area (Å²) in [6.07, 6.45) is -4.85. The van der Waals surface area contributed by atoms with Gasteiger partial charge in [-0.3, -0.25) is 13.9 Å². The van der Waals surface area contributed by atoms with E-state index >= 15 is 0 Å². The summed E-state index contributed by atoms with van der Waals surface area (Å²) in [5.41, 5.74) is -0.519. The molecule has 1 N–H and O–H groups in total. The maximum atomic E-state index is 14.4. The molecule has 2 amide bonds. The van der Waals surface area contributed by atoms with Gasteiger partial charge < -0.3 is 10.2 Å². The standard InChI is InChI=1S/C33H30Cl2F3N3O4S/c1-2-39-32(43)30(19-23-11-5-3-6-12-23)40(21-24-13-9-10-16-28(24)34)31(42)22-41(46(44,45)26-14-7-4-8-15-26)25-17-18-29(35)27(20-25)33(36,37)38/h3-18,20,30H,2,19,21-22H2,1H3,(H,39,43). The van der Waals surface area contributed by atoms with Crippen LogP contribution in [0.2, 0.25) is 10.0 Å². The second-order valence-corrected chi connectivity index (χ2v) is 12.9. The van der Waals surface area contributed by atoms with Crippen molar-refractivity contribution in [2.45, 2.75) is 37.0 Å². The van der Waals surface area contributed by atoms with Gasteiger partial charge in [0.05, 0.1) is 21.2 Å². The van der Waals surface area contributed by atoms with Gasteiger partial charge in [0.2, 0.25) is 11.8 Å². The third kappa shape index (κ3) is 8.39. The van der Waals surface area contributed by atoms with Crippen molar-refractivity contribution in [1.29, 1.82) is 0 Å². The molecule has 0 aliphatic carbocycles. The van der Waals surface area contributed by atoms with E-state index in [4.69, 9.17) is 23.2 Å². The number of benzene rings is 4. The van der Waals surface area contributed by atoms with E-state index in [0.717, 1.165) is 17.7 Å². The molecule has 0 radical (unpaired) electrons. The predicted molar refractivity (Wildman–Crippen MR) is 172 cm³/mol. The summed E-state index contributed by atoms with van der Waals surface area (Å²) in [6, 6.07) is 24.0. The van der Waals surface area contributed by atoms with Gasteiger partial charge in [0.1, 0.15) is 12.6 Å². The SMILES string of the molecule is CCNC(=O)C(Cc1ccccc1)N(Cc1ccccc1Cl)C(=O)CN(c1ccc(Cl)c(C(F)(F)F)c1)S(=O)(=O)c1ccccc1. The van der Waals surface area contributed by atoms with Crippen molar-refractivity contribution >= 4 is 50.7 Å². The molecule has 0 spiro atoms. The zero-order valence-corrected chi connectivity index (χ0v) is 26.9. The van der Waals surface area contributed by atoms with Crippen molar-refractivity contribution in [3.63, 3.8) is 0 Å². The molecule has 0 bridgehead atoms. The molecule has 1 unspecified atom stereocenters. The summed E-state index contributed by atoms with van der Waals surface area (Å²) < 4.78 is 70.2. The van der Waals surface area contributed by atoms with Crippen LogP contribution in [0.4, 0.5) is 18.9 Å². The Morgan fingerprint density at radius 3 is 2.07 bits per heavy atom. The Kier molecular flexibility index (Phi) is 11.4. The first kappa shape index (κ1) is 34.8. The lowest BCUT2D eigenvalue weighted by atomic mass is 10.0. The number of carbonyl (C=O) groups excluding carboxylic acids is 2. The minimum Gasteiger partial charge on any atom is -0.355 e. The normalized spacial score (nSPS) is 12.3. The van der Waals surface area contributed by atoms with E-state index in [-0.39, 0.29) is 24.4 Å². The van der Waals surface area contributed by atoms with Crippen LogP contribution in [0, 0.1) is 0 Å². The highest BCUT2D eigenvalue weighted by Gasteiger charge is 2.37.